The van der Waals surface area contributed by atoms with Gasteiger partial charge in [-0.1, -0.05) is 19.3 Å². The van der Waals surface area contributed by atoms with Crippen molar-refractivity contribution < 1.29 is 21.6 Å². The highest BCUT2D eigenvalue weighted by Gasteiger charge is 2.40. The first kappa shape index (κ1) is 21.2. The standard InChI is InChI=1S/C20H30N2O5S2/c23-28(24,21-13-15-27-16-14-21)18-5-7-19(8-6-18)29(25,26)22-12-4-11-20(17-22)9-2-1-3-10-20/h5-8H,1-4,9-17H2. The maximum Gasteiger partial charge on any atom is 0.243 e. The number of rotatable bonds is 4. The minimum absolute atomic E-state index is 0.126. The Labute approximate surface area is 174 Å². The van der Waals surface area contributed by atoms with Crippen LogP contribution in [0.3, 0.4) is 0 Å². The zero-order chi connectivity index (χ0) is 20.5. The molecule has 1 aliphatic carbocycles. The average molecular weight is 443 g/mol. The molecule has 0 unspecified atom stereocenters. The number of morpholine rings is 1. The fourth-order valence-corrected chi connectivity index (χ4v) is 7.95. The lowest BCUT2D eigenvalue weighted by Gasteiger charge is -2.44. The first-order chi connectivity index (χ1) is 13.8. The van der Waals surface area contributed by atoms with Crippen molar-refractivity contribution in [2.45, 2.75) is 54.7 Å². The summed E-state index contributed by atoms with van der Waals surface area (Å²) in [6.45, 7) is 2.52. The van der Waals surface area contributed by atoms with E-state index in [9.17, 15) is 16.8 Å². The second-order valence-electron chi connectivity index (χ2n) is 8.49. The molecule has 1 aromatic carbocycles. The first-order valence-corrected chi connectivity index (χ1v) is 13.4. The monoisotopic (exact) mass is 442 g/mol. The summed E-state index contributed by atoms with van der Waals surface area (Å²) in [5.41, 5.74) is 0.128. The minimum atomic E-state index is -3.63. The van der Waals surface area contributed by atoms with Crippen LogP contribution in [0.25, 0.3) is 0 Å². The Kier molecular flexibility index (Phi) is 6.05. The third-order valence-corrected chi connectivity index (χ3v) is 10.4. The molecule has 2 aliphatic heterocycles. The summed E-state index contributed by atoms with van der Waals surface area (Å²) >= 11 is 0. The number of nitrogens with zero attached hydrogens (tertiary/aromatic N) is 2. The highest BCUT2D eigenvalue weighted by Crippen LogP contribution is 2.44. The van der Waals surface area contributed by atoms with Gasteiger partial charge in [-0.3, -0.25) is 0 Å². The number of benzene rings is 1. The molecule has 0 amide bonds. The second-order valence-corrected chi connectivity index (χ2v) is 12.4. The van der Waals surface area contributed by atoms with E-state index in [1.807, 2.05) is 0 Å². The SMILES string of the molecule is O=S(=O)(c1ccc(S(=O)(=O)N2CCCC3(CCCCC3)C2)cc1)N1CCOCC1. The van der Waals surface area contributed by atoms with E-state index in [0.29, 0.717) is 39.4 Å². The van der Waals surface area contributed by atoms with E-state index in [1.165, 1.54) is 47.8 Å². The largest absolute Gasteiger partial charge is 0.379 e. The molecular formula is C20H30N2O5S2. The molecule has 2 heterocycles. The Morgan fingerprint density at radius 2 is 1.21 bits per heavy atom. The van der Waals surface area contributed by atoms with E-state index >= 15 is 0 Å². The van der Waals surface area contributed by atoms with E-state index in [0.717, 1.165) is 25.7 Å². The number of piperidine rings is 1. The Hall–Kier alpha value is -1.00. The molecule has 0 bridgehead atoms. The van der Waals surface area contributed by atoms with Crippen molar-refractivity contribution in [3.05, 3.63) is 24.3 Å². The van der Waals surface area contributed by atoms with Gasteiger partial charge in [-0.25, -0.2) is 16.8 Å². The molecule has 4 rings (SSSR count). The van der Waals surface area contributed by atoms with Gasteiger partial charge in [-0.2, -0.15) is 8.61 Å². The molecule has 0 radical (unpaired) electrons. The lowest BCUT2D eigenvalue weighted by Crippen LogP contribution is -2.46. The summed E-state index contributed by atoms with van der Waals surface area (Å²) in [5, 5.41) is 0. The summed E-state index contributed by atoms with van der Waals surface area (Å²) in [6, 6.07) is 5.70. The number of ether oxygens (including phenoxy) is 1. The van der Waals surface area contributed by atoms with Crippen LogP contribution in [-0.2, 0) is 24.8 Å². The smallest absolute Gasteiger partial charge is 0.243 e. The van der Waals surface area contributed by atoms with Crippen molar-refractivity contribution in [2.75, 3.05) is 39.4 Å². The van der Waals surface area contributed by atoms with Crippen LogP contribution < -0.4 is 0 Å². The van der Waals surface area contributed by atoms with Gasteiger partial charge in [0, 0.05) is 26.2 Å². The van der Waals surface area contributed by atoms with E-state index < -0.39 is 20.0 Å². The zero-order valence-electron chi connectivity index (χ0n) is 16.8. The molecule has 29 heavy (non-hydrogen) atoms. The van der Waals surface area contributed by atoms with Crippen molar-refractivity contribution in [3.8, 4) is 0 Å². The van der Waals surface area contributed by atoms with Crippen molar-refractivity contribution in [3.63, 3.8) is 0 Å². The predicted octanol–water partition coefficient (Wildman–Crippen LogP) is 2.44. The third-order valence-electron chi connectivity index (χ3n) is 6.61. The van der Waals surface area contributed by atoms with Gasteiger partial charge in [0.25, 0.3) is 0 Å². The molecule has 1 aromatic rings. The summed E-state index contributed by atoms with van der Waals surface area (Å²) in [4.78, 5) is 0.298. The molecular weight excluding hydrogens is 412 g/mol. The molecule has 1 saturated carbocycles. The van der Waals surface area contributed by atoms with Gasteiger partial charge in [0.15, 0.2) is 0 Å². The lowest BCUT2D eigenvalue weighted by atomic mass is 9.70. The predicted molar refractivity (Wildman–Crippen MR) is 110 cm³/mol. The van der Waals surface area contributed by atoms with Gasteiger partial charge in [-0.05, 0) is 55.4 Å². The maximum atomic E-state index is 13.2. The molecule has 0 N–H and O–H groups in total. The summed E-state index contributed by atoms with van der Waals surface area (Å²) < 4.78 is 60.2. The first-order valence-electron chi connectivity index (χ1n) is 10.5. The van der Waals surface area contributed by atoms with Crippen molar-refractivity contribution in [2.24, 2.45) is 5.41 Å². The molecule has 0 atom stereocenters. The quantitative estimate of drug-likeness (QED) is 0.715. The second kappa shape index (κ2) is 8.26. The highest BCUT2D eigenvalue weighted by atomic mass is 32.2. The van der Waals surface area contributed by atoms with Crippen molar-refractivity contribution >= 4 is 20.0 Å². The van der Waals surface area contributed by atoms with Crippen molar-refractivity contribution in [1.29, 1.82) is 0 Å². The maximum absolute atomic E-state index is 13.2. The molecule has 0 aromatic heterocycles. The zero-order valence-corrected chi connectivity index (χ0v) is 18.4. The van der Waals surface area contributed by atoms with Crippen LogP contribution in [-0.4, -0.2) is 64.8 Å². The Bertz CT molecular complexity index is 911. The molecule has 162 valence electrons. The van der Waals surface area contributed by atoms with E-state index in [1.54, 1.807) is 4.31 Å². The Balaban J connectivity index is 1.53. The molecule has 1 spiro atoms. The fourth-order valence-electron chi connectivity index (χ4n) is 4.95. The topological polar surface area (TPSA) is 84.0 Å². The molecule has 3 fully saturated rings. The van der Waals surface area contributed by atoms with Crippen LogP contribution in [0.2, 0.25) is 0 Å². The molecule has 7 nitrogen and oxygen atoms in total. The molecule has 2 saturated heterocycles. The van der Waals surface area contributed by atoms with Gasteiger partial charge in [0.2, 0.25) is 20.0 Å². The number of hydrogen-bond donors (Lipinski definition) is 0. The average Bonchev–Trinajstić information content (AvgIpc) is 2.75. The Morgan fingerprint density at radius 3 is 1.79 bits per heavy atom. The van der Waals surface area contributed by atoms with Crippen molar-refractivity contribution in [1.82, 2.24) is 8.61 Å². The van der Waals surface area contributed by atoms with Crippen LogP contribution in [0.4, 0.5) is 0 Å². The van der Waals surface area contributed by atoms with E-state index in [2.05, 4.69) is 0 Å². The number of sulfonamides is 2. The van der Waals surface area contributed by atoms with Crippen LogP contribution >= 0.6 is 0 Å². The summed E-state index contributed by atoms with van der Waals surface area (Å²) in [7, 11) is -7.25. The molecule has 9 heteroatoms. The normalized spacial score (nSPS) is 24.6. The third kappa shape index (κ3) is 4.25. The van der Waals surface area contributed by atoms with Crippen LogP contribution in [0.1, 0.15) is 44.9 Å². The Morgan fingerprint density at radius 1 is 0.690 bits per heavy atom. The van der Waals surface area contributed by atoms with E-state index in [-0.39, 0.29) is 15.2 Å². The van der Waals surface area contributed by atoms with Crippen LogP contribution in [0, 0.1) is 5.41 Å². The van der Waals surface area contributed by atoms with Crippen LogP contribution in [0.5, 0.6) is 0 Å². The van der Waals surface area contributed by atoms with E-state index in [4.69, 9.17) is 4.74 Å². The van der Waals surface area contributed by atoms with Gasteiger partial charge in [0.05, 0.1) is 23.0 Å². The number of hydrogen-bond acceptors (Lipinski definition) is 5. The highest BCUT2D eigenvalue weighted by molar-refractivity contribution is 7.89. The van der Waals surface area contributed by atoms with Gasteiger partial charge >= 0.3 is 0 Å². The fraction of sp³-hybridized carbons (Fsp3) is 0.700. The van der Waals surface area contributed by atoms with Crippen LogP contribution in [0.15, 0.2) is 34.1 Å². The lowest BCUT2D eigenvalue weighted by molar-refractivity contribution is 0.0730. The summed E-state index contributed by atoms with van der Waals surface area (Å²) in [5.74, 6) is 0. The van der Waals surface area contributed by atoms with Gasteiger partial charge in [0.1, 0.15) is 0 Å². The molecule has 3 aliphatic rings. The minimum Gasteiger partial charge on any atom is -0.379 e. The van der Waals surface area contributed by atoms with Gasteiger partial charge < -0.3 is 4.74 Å². The summed E-state index contributed by atoms with van der Waals surface area (Å²) in [6.07, 6.45) is 7.82. The van der Waals surface area contributed by atoms with Gasteiger partial charge in [-0.15, -0.1) is 0 Å².